The van der Waals surface area contributed by atoms with Crippen LogP contribution in [-0.2, 0) is 11.3 Å². The highest BCUT2D eigenvalue weighted by atomic mass is 16.6. The highest BCUT2D eigenvalue weighted by Crippen LogP contribution is 2.30. The van der Waals surface area contributed by atoms with Gasteiger partial charge in [-0.1, -0.05) is 48.5 Å². The fraction of sp³-hybridized carbons (Fsp3) is 0.0476. The monoisotopic (exact) mass is 358 g/mol. The number of carbonyl (C=O) groups is 1. The summed E-state index contributed by atoms with van der Waals surface area (Å²) in [5.41, 5.74) is 1.92. The molecule has 0 unspecified atom stereocenters. The number of benzene rings is 3. The number of non-ortho nitro benzene ring substituents is 1. The van der Waals surface area contributed by atoms with Crippen molar-refractivity contribution in [2.45, 2.75) is 6.61 Å². The zero-order valence-corrected chi connectivity index (χ0v) is 14.2. The lowest BCUT2D eigenvalue weighted by molar-refractivity contribution is -0.384. The van der Waals surface area contributed by atoms with Crippen molar-refractivity contribution in [1.82, 2.24) is 0 Å². The van der Waals surface area contributed by atoms with Crippen LogP contribution >= 0.6 is 0 Å². The zero-order chi connectivity index (χ0) is 19.2. The van der Waals surface area contributed by atoms with E-state index in [1.165, 1.54) is 18.2 Å². The Bertz CT molecular complexity index is 1040. The molecule has 0 aliphatic rings. The van der Waals surface area contributed by atoms with Crippen LogP contribution in [-0.4, -0.2) is 10.9 Å². The molecule has 27 heavy (non-hydrogen) atoms. The van der Waals surface area contributed by atoms with E-state index in [0.717, 1.165) is 5.56 Å². The summed E-state index contributed by atoms with van der Waals surface area (Å²) >= 11 is 0. The summed E-state index contributed by atoms with van der Waals surface area (Å²) in [6.45, 7) is 0.0434. The molecule has 3 aromatic carbocycles. The van der Waals surface area contributed by atoms with Crippen LogP contribution in [0.15, 0.2) is 72.8 Å². The third-order valence-electron chi connectivity index (χ3n) is 3.98. The standard InChI is InChI=1S/C21H14N2O4/c22-13-16-8-4-5-9-18(16)19-11-10-17(23(25)26)12-20(19)21(24)27-14-15-6-2-1-3-7-15/h1-12H,14H2. The van der Waals surface area contributed by atoms with Crippen molar-refractivity contribution in [3.05, 3.63) is 99.6 Å². The molecule has 0 aliphatic carbocycles. The molecular weight excluding hydrogens is 344 g/mol. The van der Waals surface area contributed by atoms with Gasteiger partial charge in [0.1, 0.15) is 6.61 Å². The minimum atomic E-state index is -0.690. The van der Waals surface area contributed by atoms with Gasteiger partial charge < -0.3 is 4.74 Å². The van der Waals surface area contributed by atoms with Gasteiger partial charge in [0.25, 0.3) is 5.69 Å². The Kier molecular flexibility index (Phi) is 5.24. The smallest absolute Gasteiger partial charge is 0.339 e. The molecule has 0 spiro atoms. The normalized spacial score (nSPS) is 10.0. The van der Waals surface area contributed by atoms with Crippen LogP contribution in [0.4, 0.5) is 5.69 Å². The molecule has 0 aromatic heterocycles. The van der Waals surface area contributed by atoms with E-state index in [2.05, 4.69) is 6.07 Å². The molecule has 0 N–H and O–H groups in total. The molecule has 132 valence electrons. The summed E-state index contributed by atoms with van der Waals surface area (Å²) in [6, 6.07) is 21.9. The molecular formula is C21H14N2O4. The Hall–Kier alpha value is -3.98. The first-order valence-electron chi connectivity index (χ1n) is 8.09. The lowest BCUT2D eigenvalue weighted by Crippen LogP contribution is -2.08. The number of hydrogen-bond donors (Lipinski definition) is 0. The first-order valence-corrected chi connectivity index (χ1v) is 8.09. The molecule has 0 heterocycles. The number of carbonyl (C=O) groups excluding carboxylic acids is 1. The van der Waals surface area contributed by atoms with Gasteiger partial charge in [-0.2, -0.15) is 5.26 Å². The fourth-order valence-electron chi connectivity index (χ4n) is 2.67. The molecule has 0 atom stereocenters. The van der Waals surface area contributed by atoms with E-state index in [4.69, 9.17) is 4.74 Å². The Labute approximate surface area is 155 Å². The molecule has 6 nitrogen and oxygen atoms in total. The first kappa shape index (κ1) is 17.8. The maximum Gasteiger partial charge on any atom is 0.339 e. The van der Waals surface area contributed by atoms with Crippen molar-refractivity contribution in [2.75, 3.05) is 0 Å². The zero-order valence-electron chi connectivity index (χ0n) is 14.2. The average Bonchev–Trinajstić information content (AvgIpc) is 2.72. The largest absolute Gasteiger partial charge is 0.457 e. The van der Waals surface area contributed by atoms with Crippen molar-refractivity contribution in [1.29, 1.82) is 5.26 Å². The number of nitro benzene ring substituents is 1. The van der Waals surface area contributed by atoms with Crippen LogP contribution in [0.25, 0.3) is 11.1 Å². The van der Waals surface area contributed by atoms with Gasteiger partial charge in [-0.15, -0.1) is 0 Å². The summed E-state index contributed by atoms with van der Waals surface area (Å²) in [5.74, 6) is -0.690. The van der Waals surface area contributed by atoms with Crippen molar-refractivity contribution >= 4 is 11.7 Å². The summed E-state index contributed by atoms with van der Waals surface area (Å²) in [6.07, 6.45) is 0. The Morgan fingerprint density at radius 1 is 1.00 bits per heavy atom. The molecule has 3 rings (SSSR count). The number of ether oxygens (including phenoxy) is 1. The van der Waals surface area contributed by atoms with Gasteiger partial charge in [0.15, 0.2) is 0 Å². The fourth-order valence-corrected chi connectivity index (χ4v) is 2.67. The van der Waals surface area contributed by atoms with Gasteiger partial charge in [-0.3, -0.25) is 10.1 Å². The van der Waals surface area contributed by atoms with Gasteiger partial charge in [-0.05, 0) is 23.3 Å². The average molecular weight is 358 g/mol. The summed E-state index contributed by atoms with van der Waals surface area (Å²) in [5, 5.41) is 20.5. The molecule has 0 saturated carbocycles. The lowest BCUT2D eigenvalue weighted by Gasteiger charge is -2.11. The molecule has 0 radical (unpaired) electrons. The number of hydrogen-bond acceptors (Lipinski definition) is 5. The number of nitrogens with zero attached hydrogens (tertiary/aromatic N) is 2. The highest BCUT2D eigenvalue weighted by molar-refractivity contribution is 5.98. The maximum atomic E-state index is 12.7. The molecule has 0 bridgehead atoms. The number of nitro groups is 1. The van der Waals surface area contributed by atoms with Crippen LogP contribution in [0, 0.1) is 21.4 Å². The van der Waals surface area contributed by atoms with Crippen molar-refractivity contribution in [3.8, 4) is 17.2 Å². The Balaban J connectivity index is 2.01. The van der Waals surface area contributed by atoms with Crippen LogP contribution in [0.1, 0.15) is 21.5 Å². The van der Waals surface area contributed by atoms with E-state index < -0.39 is 10.9 Å². The minimum absolute atomic E-state index is 0.0434. The van der Waals surface area contributed by atoms with Gasteiger partial charge in [-0.25, -0.2) is 4.79 Å². The van der Waals surface area contributed by atoms with E-state index >= 15 is 0 Å². The quantitative estimate of drug-likeness (QED) is 0.380. The van der Waals surface area contributed by atoms with Gasteiger partial charge >= 0.3 is 5.97 Å². The number of nitriles is 1. The molecule has 0 amide bonds. The lowest BCUT2D eigenvalue weighted by atomic mass is 9.95. The molecule has 3 aromatic rings. The molecule has 0 fully saturated rings. The summed E-state index contributed by atoms with van der Waals surface area (Å²) in [7, 11) is 0. The van der Waals surface area contributed by atoms with E-state index in [0.29, 0.717) is 16.7 Å². The predicted octanol–water partition coefficient (Wildman–Crippen LogP) is 4.49. The van der Waals surface area contributed by atoms with Crippen LogP contribution < -0.4 is 0 Å². The van der Waals surface area contributed by atoms with Crippen LogP contribution in [0.5, 0.6) is 0 Å². The predicted molar refractivity (Wildman–Crippen MR) is 98.8 cm³/mol. The summed E-state index contributed by atoms with van der Waals surface area (Å²) in [4.78, 5) is 23.2. The van der Waals surface area contributed by atoms with E-state index in [9.17, 15) is 20.2 Å². The van der Waals surface area contributed by atoms with Crippen molar-refractivity contribution in [2.24, 2.45) is 0 Å². The van der Waals surface area contributed by atoms with E-state index in [1.807, 2.05) is 30.3 Å². The number of esters is 1. The highest BCUT2D eigenvalue weighted by Gasteiger charge is 2.20. The van der Waals surface area contributed by atoms with E-state index in [-0.39, 0.29) is 17.9 Å². The molecule has 0 saturated heterocycles. The van der Waals surface area contributed by atoms with Crippen molar-refractivity contribution in [3.63, 3.8) is 0 Å². The van der Waals surface area contributed by atoms with Crippen LogP contribution in [0.2, 0.25) is 0 Å². The minimum Gasteiger partial charge on any atom is -0.457 e. The third kappa shape index (κ3) is 3.99. The molecule has 0 aliphatic heterocycles. The second-order valence-electron chi connectivity index (χ2n) is 5.71. The van der Waals surface area contributed by atoms with Gasteiger partial charge in [0.2, 0.25) is 0 Å². The van der Waals surface area contributed by atoms with Crippen molar-refractivity contribution < 1.29 is 14.5 Å². The first-order chi connectivity index (χ1) is 13.1. The summed E-state index contributed by atoms with van der Waals surface area (Å²) < 4.78 is 5.34. The topological polar surface area (TPSA) is 93.2 Å². The Morgan fingerprint density at radius 2 is 1.70 bits per heavy atom. The van der Waals surface area contributed by atoms with Crippen LogP contribution in [0.3, 0.4) is 0 Å². The third-order valence-corrected chi connectivity index (χ3v) is 3.98. The SMILES string of the molecule is N#Cc1ccccc1-c1ccc([N+](=O)[O-])cc1C(=O)OCc1ccccc1. The van der Waals surface area contributed by atoms with Gasteiger partial charge in [0, 0.05) is 17.7 Å². The second kappa shape index (κ2) is 7.93. The number of rotatable bonds is 5. The van der Waals surface area contributed by atoms with Gasteiger partial charge in [0.05, 0.1) is 22.1 Å². The van der Waals surface area contributed by atoms with E-state index in [1.54, 1.807) is 24.3 Å². The Morgan fingerprint density at radius 3 is 2.41 bits per heavy atom. The second-order valence-corrected chi connectivity index (χ2v) is 5.71. The molecule has 6 heteroatoms. The maximum absolute atomic E-state index is 12.7.